The van der Waals surface area contributed by atoms with Crippen LogP contribution in [0.1, 0.15) is 52.9 Å². The van der Waals surface area contributed by atoms with Gasteiger partial charge in [-0.05, 0) is 62.4 Å². The summed E-state index contributed by atoms with van der Waals surface area (Å²) in [6, 6.07) is 0.736. The first-order valence-corrected chi connectivity index (χ1v) is 8.98. The molecule has 2 rings (SSSR count). The molecule has 3 unspecified atom stereocenters. The maximum Gasteiger partial charge on any atom is 0.0503 e. The average molecular weight is 296 g/mol. The highest BCUT2D eigenvalue weighted by Crippen LogP contribution is 2.39. The van der Waals surface area contributed by atoms with Crippen LogP contribution in [0.4, 0.5) is 0 Å². The summed E-state index contributed by atoms with van der Waals surface area (Å²) in [6.45, 7) is 13.1. The van der Waals surface area contributed by atoms with Gasteiger partial charge < -0.3 is 15.0 Å². The predicted octanol–water partition coefficient (Wildman–Crippen LogP) is 3.15. The highest BCUT2D eigenvalue weighted by atomic mass is 16.5. The van der Waals surface area contributed by atoms with Gasteiger partial charge in [-0.3, -0.25) is 0 Å². The van der Waals surface area contributed by atoms with Gasteiger partial charge in [0, 0.05) is 26.2 Å². The fraction of sp³-hybridized carbons (Fsp3) is 1.00. The molecule has 0 aromatic rings. The third kappa shape index (κ3) is 5.22. The average Bonchev–Trinajstić information content (AvgIpc) is 2.85. The van der Waals surface area contributed by atoms with E-state index in [-0.39, 0.29) is 0 Å². The van der Waals surface area contributed by atoms with Gasteiger partial charge in [-0.15, -0.1) is 0 Å². The summed E-state index contributed by atoms with van der Waals surface area (Å²) in [4.78, 5) is 2.69. The maximum absolute atomic E-state index is 5.33. The molecule has 0 aromatic heterocycles. The summed E-state index contributed by atoms with van der Waals surface area (Å²) in [5, 5.41) is 3.82. The predicted molar refractivity (Wildman–Crippen MR) is 89.6 cm³/mol. The normalized spacial score (nSPS) is 33.4. The van der Waals surface area contributed by atoms with Crippen molar-refractivity contribution < 1.29 is 4.74 Å². The molecule has 21 heavy (non-hydrogen) atoms. The fourth-order valence-electron chi connectivity index (χ4n) is 4.31. The van der Waals surface area contributed by atoms with Crippen LogP contribution < -0.4 is 5.32 Å². The molecule has 3 heteroatoms. The van der Waals surface area contributed by atoms with Gasteiger partial charge in [0.25, 0.3) is 0 Å². The standard InChI is InChI=1S/C18H36N2O/c1-5-9-19-17-6-8-18(2,3)11-16(17)13-20-10-7-15(12-20)14-21-4/h15-17,19H,5-14H2,1-4H3. The summed E-state index contributed by atoms with van der Waals surface area (Å²) in [5.41, 5.74) is 0.528. The molecule has 2 fully saturated rings. The zero-order valence-electron chi connectivity index (χ0n) is 14.7. The van der Waals surface area contributed by atoms with Crippen molar-refractivity contribution in [2.45, 2.75) is 58.9 Å². The lowest BCUT2D eigenvalue weighted by atomic mass is 9.69. The van der Waals surface area contributed by atoms with Gasteiger partial charge in [-0.1, -0.05) is 20.8 Å². The Morgan fingerprint density at radius 2 is 2.10 bits per heavy atom. The van der Waals surface area contributed by atoms with E-state index in [0.29, 0.717) is 5.41 Å². The van der Waals surface area contributed by atoms with Gasteiger partial charge in [0.05, 0.1) is 6.61 Å². The first-order chi connectivity index (χ1) is 10.0. The molecule has 0 aromatic carbocycles. The number of hydrogen-bond donors (Lipinski definition) is 1. The van der Waals surface area contributed by atoms with Crippen LogP contribution in [0.5, 0.6) is 0 Å². The lowest BCUT2D eigenvalue weighted by molar-refractivity contribution is 0.103. The van der Waals surface area contributed by atoms with Crippen molar-refractivity contribution in [3.05, 3.63) is 0 Å². The van der Waals surface area contributed by atoms with Crippen molar-refractivity contribution in [1.82, 2.24) is 10.2 Å². The van der Waals surface area contributed by atoms with Crippen LogP contribution in [-0.2, 0) is 4.74 Å². The molecule has 124 valence electrons. The molecule has 1 saturated carbocycles. The molecular weight excluding hydrogens is 260 g/mol. The van der Waals surface area contributed by atoms with Crippen molar-refractivity contribution in [2.24, 2.45) is 17.3 Å². The Bertz CT molecular complexity index is 306. The minimum absolute atomic E-state index is 0.528. The fourth-order valence-corrected chi connectivity index (χ4v) is 4.31. The van der Waals surface area contributed by atoms with Crippen LogP contribution in [0.2, 0.25) is 0 Å². The van der Waals surface area contributed by atoms with Crippen molar-refractivity contribution in [1.29, 1.82) is 0 Å². The second-order valence-electron chi connectivity index (χ2n) is 8.10. The Kier molecular flexibility index (Phi) is 6.51. The van der Waals surface area contributed by atoms with Crippen LogP contribution >= 0.6 is 0 Å². The lowest BCUT2D eigenvalue weighted by Gasteiger charge is -2.42. The summed E-state index contributed by atoms with van der Waals surface area (Å²) in [6.07, 6.45) is 6.66. The van der Waals surface area contributed by atoms with Gasteiger partial charge in [-0.25, -0.2) is 0 Å². The molecule has 1 N–H and O–H groups in total. The second-order valence-corrected chi connectivity index (χ2v) is 8.10. The molecular formula is C18H36N2O. The Morgan fingerprint density at radius 1 is 1.29 bits per heavy atom. The molecule has 3 nitrogen and oxygen atoms in total. The number of hydrogen-bond acceptors (Lipinski definition) is 3. The topological polar surface area (TPSA) is 24.5 Å². The van der Waals surface area contributed by atoms with E-state index in [1.165, 1.54) is 58.3 Å². The van der Waals surface area contributed by atoms with E-state index >= 15 is 0 Å². The van der Waals surface area contributed by atoms with Gasteiger partial charge in [-0.2, -0.15) is 0 Å². The number of rotatable bonds is 7. The smallest absolute Gasteiger partial charge is 0.0503 e. The SMILES string of the molecule is CCCNC1CCC(C)(C)CC1CN1CCC(COC)C1. The number of nitrogens with one attached hydrogen (secondary N) is 1. The number of nitrogens with zero attached hydrogens (tertiary/aromatic N) is 1. The van der Waals surface area contributed by atoms with Crippen molar-refractivity contribution in [3.8, 4) is 0 Å². The van der Waals surface area contributed by atoms with Crippen LogP contribution in [0, 0.1) is 17.3 Å². The minimum atomic E-state index is 0.528. The van der Waals surface area contributed by atoms with E-state index in [0.717, 1.165) is 24.5 Å². The first-order valence-electron chi connectivity index (χ1n) is 8.98. The number of methoxy groups -OCH3 is 1. The zero-order valence-corrected chi connectivity index (χ0v) is 14.7. The Morgan fingerprint density at radius 3 is 2.81 bits per heavy atom. The quantitative estimate of drug-likeness (QED) is 0.781. The summed E-state index contributed by atoms with van der Waals surface area (Å²) in [7, 11) is 1.83. The number of ether oxygens (including phenoxy) is 1. The second kappa shape index (κ2) is 7.94. The highest BCUT2D eigenvalue weighted by Gasteiger charge is 2.36. The van der Waals surface area contributed by atoms with Crippen molar-refractivity contribution >= 4 is 0 Å². The molecule has 1 saturated heterocycles. The first kappa shape index (κ1) is 17.2. The van der Waals surface area contributed by atoms with Crippen LogP contribution in [0.25, 0.3) is 0 Å². The molecule has 2 aliphatic rings. The Hall–Kier alpha value is -0.120. The molecule has 0 spiro atoms. The van der Waals surface area contributed by atoms with Gasteiger partial charge in [0.2, 0.25) is 0 Å². The van der Waals surface area contributed by atoms with E-state index in [1.807, 2.05) is 7.11 Å². The molecule has 0 amide bonds. The molecule has 1 aliphatic carbocycles. The van der Waals surface area contributed by atoms with Crippen molar-refractivity contribution in [3.63, 3.8) is 0 Å². The van der Waals surface area contributed by atoms with Gasteiger partial charge in [0.1, 0.15) is 0 Å². The van der Waals surface area contributed by atoms with Crippen LogP contribution in [-0.4, -0.2) is 50.8 Å². The number of likely N-dealkylation sites (tertiary alicyclic amines) is 1. The van der Waals surface area contributed by atoms with E-state index in [4.69, 9.17) is 4.74 Å². The van der Waals surface area contributed by atoms with E-state index in [1.54, 1.807) is 0 Å². The molecule has 1 aliphatic heterocycles. The van der Waals surface area contributed by atoms with Crippen molar-refractivity contribution in [2.75, 3.05) is 39.9 Å². The van der Waals surface area contributed by atoms with Crippen LogP contribution in [0.15, 0.2) is 0 Å². The third-order valence-corrected chi connectivity index (χ3v) is 5.44. The van der Waals surface area contributed by atoms with Gasteiger partial charge >= 0.3 is 0 Å². The third-order valence-electron chi connectivity index (χ3n) is 5.44. The molecule has 0 radical (unpaired) electrons. The summed E-state index contributed by atoms with van der Waals surface area (Å²) < 4.78 is 5.33. The Balaban J connectivity index is 1.87. The highest BCUT2D eigenvalue weighted by molar-refractivity contribution is 4.91. The maximum atomic E-state index is 5.33. The van der Waals surface area contributed by atoms with Gasteiger partial charge in [0.15, 0.2) is 0 Å². The molecule has 3 atom stereocenters. The van der Waals surface area contributed by atoms with E-state index in [2.05, 4.69) is 31.0 Å². The van der Waals surface area contributed by atoms with E-state index < -0.39 is 0 Å². The molecule has 1 heterocycles. The summed E-state index contributed by atoms with van der Waals surface area (Å²) in [5.74, 6) is 1.58. The molecule has 0 bridgehead atoms. The largest absolute Gasteiger partial charge is 0.384 e. The zero-order chi connectivity index (χ0) is 15.3. The van der Waals surface area contributed by atoms with Crippen LogP contribution in [0.3, 0.4) is 0 Å². The Labute approximate surface area is 131 Å². The summed E-state index contributed by atoms with van der Waals surface area (Å²) >= 11 is 0. The lowest BCUT2D eigenvalue weighted by Crippen LogP contribution is -2.47. The van der Waals surface area contributed by atoms with E-state index in [9.17, 15) is 0 Å². The monoisotopic (exact) mass is 296 g/mol. The minimum Gasteiger partial charge on any atom is -0.384 e.